The van der Waals surface area contributed by atoms with Gasteiger partial charge in [-0.05, 0) is 0 Å². The van der Waals surface area contributed by atoms with E-state index >= 15 is 0 Å². The number of hydrogen-bond acceptors (Lipinski definition) is 4. The molecule has 1 N–H and O–H groups in total. The zero-order valence-corrected chi connectivity index (χ0v) is 10.3. The van der Waals surface area contributed by atoms with Gasteiger partial charge in [-0.25, -0.2) is 9.97 Å². The number of hydrogen-bond donors (Lipinski definition) is 1. The second kappa shape index (κ2) is 4.44. The van der Waals surface area contributed by atoms with E-state index in [1.54, 1.807) is 35.6 Å². The Morgan fingerprint density at radius 1 is 1.22 bits per heavy atom. The molecule has 94 valence electrons. The second-order valence-electron chi connectivity index (χ2n) is 3.93. The summed E-state index contributed by atoms with van der Waals surface area (Å²) in [7, 11) is 3.42. The van der Waals surface area contributed by atoms with E-state index in [4.69, 9.17) is 0 Å². The number of amides is 1. The highest BCUT2D eigenvalue weighted by Crippen LogP contribution is 2.09. The van der Waals surface area contributed by atoms with Crippen LogP contribution in [0.3, 0.4) is 0 Å². The molecule has 0 atom stereocenters. The van der Waals surface area contributed by atoms with Gasteiger partial charge in [0.15, 0.2) is 23.2 Å². The minimum absolute atomic E-state index is 0.157. The summed E-state index contributed by atoms with van der Waals surface area (Å²) < 4.78 is 3.17. The highest BCUT2D eigenvalue weighted by molar-refractivity contribution is 6.01. The molecule has 0 saturated heterocycles. The van der Waals surface area contributed by atoms with E-state index in [2.05, 4.69) is 15.3 Å². The molecule has 7 heteroatoms. The third kappa shape index (κ3) is 2.15. The molecule has 2 rings (SSSR count). The molecule has 0 aliphatic carbocycles. The molecule has 1 amide bonds. The van der Waals surface area contributed by atoms with E-state index < -0.39 is 0 Å². The first-order chi connectivity index (χ1) is 8.49. The molecule has 0 aromatic carbocycles. The highest BCUT2D eigenvalue weighted by Gasteiger charge is 2.15. The maximum Gasteiger partial charge on any atom is 0.292 e. The van der Waals surface area contributed by atoms with Crippen LogP contribution in [0, 0.1) is 0 Å². The largest absolute Gasteiger partial charge is 0.330 e. The van der Waals surface area contributed by atoms with Gasteiger partial charge in [0.25, 0.3) is 5.91 Å². The van der Waals surface area contributed by atoms with Crippen molar-refractivity contribution < 1.29 is 9.59 Å². The lowest BCUT2D eigenvalue weighted by molar-refractivity contribution is 0.0993. The van der Waals surface area contributed by atoms with Crippen LogP contribution in [0.25, 0.3) is 0 Å². The Morgan fingerprint density at radius 2 is 1.94 bits per heavy atom. The summed E-state index contributed by atoms with van der Waals surface area (Å²) in [4.78, 5) is 31.1. The normalized spacial score (nSPS) is 10.4. The van der Waals surface area contributed by atoms with Crippen molar-refractivity contribution in [2.75, 3.05) is 5.32 Å². The van der Waals surface area contributed by atoms with Gasteiger partial charge < -0.3 is 14.5 Å². The van der Waals surface area contributed by atoms with Crippen molar-refractivity contribution in [3.63, 3.8) is 0 Å². The number of carbonyl (C=O) groups is 2. The molecule has 0 bridgehead atoms. The number of aromatic nitrogens is 4. The predicted octanol–water partition coefficient (Wildman–Crippen LogP) is 0.608. The summed E-state index contributed by atoms with van der Waals surface area (Å²) in [5.74, 6) is 0.386. The molecular formula is C11H13N5O2. The molecule has 2 heterocycles. The topological polar surface area (TPSA) is 81.8 Å². The third-order valence-corrected chi connectivity index (χ3v) is 2.46. The van der Waals surface area contributed by atoms with E-state index in [-0.39, 0.29) is 17.5 Å². The molecular weight excluding hydrogens is 234 g/mol. The van der Waals surface area contributed by atoms with Gasteiger partial charge in [-0.1, -0.05) is 0 Å². The lowest BCUT2D eigenvalue weighted by atomic mass is 10.4. The first-order valence-corrected chi connectivity index (χ1v) is 5.32. The van der Waals surface area contributed by atoms with Crippen LogP contribution >= 0.6 is 0 Å². The lowest BCUT2D eigenvalue weighted by Gasteiger charge is -2.00. The van der Waals surface area contributed by atoms with Crippen LogP contribution in [-0.2, 0) is 14.1 Å². The van der Waals surface area contributed by atoms with Crippen molar-refractivity contribution in [1.82, 2.24) is 19.1 Å². The van der Waals surface area contributed by atoms with Gasteiger partial charge in [-0.2, -0.15) is 0 Å². The fourth-order valence-electron chi connectivity index (χ4n) is 1.61. The number of Topliss-reactive ketones (excluding diaryl/α,β-unsaturated/α-hetero) is 1. The smallest absolute Gasteiger partial charge is 0.292 e. The van der Waals surface area contributed by atoms with Crippen LogP contribution in [0.1, 0.15) is 28.2 Å². The highest BCUT2D eigenvalue weighted by atomic mass is 16.2. The van der Waals surface area contributed by atoms with E-state index in [9.17, 15) is 9.59 Å². The lowest BCUT2D eigenvalue weighted by Crippen LogP contribution is -2.17. The van der Waals surface area contributed by atoms with Crippen molar-refractivity contribution in [2.24, 2.45) is 14.1 Å². The Bertz CT molecular complexity index is 611. The number of carbonyl (C=O) groups excluding carboxylic acids is 2. The van der Waals surface area contributed by atoms with Crippen LogP contribution in [0.2, 0.25) is 0 Å². The molecule has 0 aliphatic heterocycles. The number of nitrogens with zero attached hydrogens (tertiary/aromatic N) is 4. The maximum atomic E-state index is 11.9. The molecule has 2 aromatic rings. The number of rotatable bonds is 3. The summed E-state index contributed by atoms with van der Waals surface area (Å²) in [5.41, 5.74) is 0. The van der Waals surface area contributed by atoms with Crippen molar-refractivity contribution in [3.05, 3.63) is 30.2 Å². The summed E-state index contributed by atoms with van der Waals surface area (Å²) in [6.07, 6.45) is 4.79. The van der Waals surface area contributed by atoms with E-state index in [1.807, 2.05) is 0 Å². The number of nitrogens with one attached hydrogen (secondary N) is 1. The summed E-state index contributed by atoms with van der Waals surface area (Å²) in [6.45, 7) is 1.42. The standard InChI is InChI=1S/C11H13N5O2/c1-7(17)9-13-8(6-16(9)3)14-11(18)10-12-4-5-15(10)2/h4-6H,1-3H3,(H,14,18). The summed E-state index contributed by atoms with van der Waals surface area (Å²) in [6, 6.07) is 0. The van der Waals surface area contributed by atoms with Crippen LogP contribution < -0.4 is 5.32 Å². The van der Waals surface area contributed by atoms with Gasteiger partial charge in [0.05, 0.1) is 0 Å². The Hall–Kier alpha value is -2.44. The van der Waals surface area contributed by atoms with Gasteiger partial charge in [-0.15, -0.1) is 0 Å². The fraction of sp³-hybridized carbons (Fsp3) is 0.273. The van der Waals surface area contributed by atoms with Crippen molar-refractivity contribution in [3.8, 4) is 0 Å². The molecule has 7 nitrogen and oxygen atoms in total. The molecule has 0 fully saturated rings. The quantitative estimate of drug-likeness (QED) is 0.805. The van der Waals surface area contributed by atoms with E-state index in [1.165, 1.54) is 13.1 Å². The van der Waals surface area contributed by atoms with Gasteiger partial charge in [0, 0.05) is 39.6 Å². The predicted molar refractivity (Wildman–Crippen MR) is 64.4 cm³/mol. The number of aryl methyl sites for hydroxylation is 2. The van der Waals surface area contributed by atoms with Crippen molar-refractivity contribution in [1.29, 1.82) is 0 Å². The Balaban J connectivity index is 2.20. The van der Waals surface area contributed by atoms with Crippen LogP contribution in [0.15, 0.2) is 18.6 Å². The molecule has 2 aromatic heterocycles. The van der Waals surface area contributed by atoms with Gasteiger partial charge in [0.2, 0.25) is 0 Å². The number of anilines is 1. The van der Waals surface area contributed by atoms with Gasteiger partial charge >= 0.3 is 0 Å². The first-order valence-electron chi connectivity index (χ1n) is 5.32. The van der Waals surface area contributed by atoms with Gasteiger partial charge in [-0.3, -0.25) is 9.59 Å². The van der Waals surface area contributed by atoms with Crippen molar-refractivity contribution >= 4 is 17.5 Å². The Kier molecular flexibility index (Phi) is 2.97. The molecule has 0 aliphatic rings. The Labute approximate surface area is 103 Å². The first kappa shape index (κ1) is 12.0. The minimum atomic E-state index is -0.365. The zero-order valence-electron chi connectivity index (χ0n) is 10.3. The molecule has 0 spiro atoms. The number of imidazole rings is 2. The second-order valence-corrected chi connectivity index (χ2v) is 3.93. The minimum Gasteiger partial charge on any atom is -0.330 e. The van der Waals surface area contributed by atoms with Crippen LogP contribution in [-0.4, -0.2) is 30.8 Å². The van der Waals surface area contributed by atoms with Crippen LogP contribution in [0.4, 0.5) is 5.82 Å². The molecule has 0 unspecified atom stereocenters. The average Bonchev–Trinajstić information content (AvgIpc) is 2.84. The monoisotopic (exact) mass is 247 g/mol. The maximum absolute atomic E-state index is 11.9. The SMILES string of the molecule is CC(=O)c1nc(NC(=O)c2nccn2C)cn1C. The molecule has 0 radical (unpaired) electrons. The zero-order chi connectivity index (χ0) is 13.3. The van der Waals surface area contributed by atoms with Gasteiger partial charge in [0.1, 0.15) is 0 Å². The summed E-state index contributed by atoms with van der Waals surface area (Å²) >= 11 is 0. The Morgan fingerprint density at radius 3 is 2.44 bits per heavy atom. The summed E-state index contributed by atoms with van der Waals surface area (Å²) in [5, 5.41) is 2.59. The van der Waals surface area contributed by atoms with Crippen molar-refractivity contribution in [2.45, 2.75) is 6.92 Å². The number of ketones is 1. The third-order valence-electron chi connectivity index (χ3n) is 2.46. The fourth-order valence-corrected chi connectivity index (χ4v) is 1.61. The van der Waals surface area contributed by atoms with E-state index in [0.29, 0.717) is 11.6 Å². The molecule has 18 heavy (non-hydrogen) atoms. The molecule has 0 saturated carbocycles. The average molecular weight is 247 g/mol. The van der Waals surface area contributed by atoms with E-state index in [0.717, 1.165) is 0 Å². The van der Waals surface area contributed by atoms with Crippen LogP contribution in [0.5, 0.6) is 0 Å².